The van der Waals surface area contributed by atoms with Gasteiger partial charge in [-0.2, -0.15) is 0 Å². The van der Waals surface area contributed by atoms with E-state index >= 15 is 0 Å². The van der Waals surface area contributed by atoms with Crippen LogP contribution in [0.4, 0.5) is 0 Å². The van der Waals surface area contributed by atoms with Crippen LogP contribution in [-0.2, 0) is 11.2 Å². The largest absolute Gasteiger partial charge is 0.497 e. The lowest BCUT2D eigenvalue weighted by Crippen LogP contribution is -1.99. The molecule has 0 atom stereocenters. The van der Waals surface area contributed by atoms with Crippen LogP contribution < -0.4 is 4.74 Å². The van der Waals surface area contributed by atoms with Crippen LogP contribution in [0.3, 0.4) is 0 Å². The van der Waals surface area contributed by atoms with Gasteiger partial charge in [0.25, 0.3) is 0 Å². The third-order valence-corrected chi connectivity index (χ3v) is 2.22. The number of methoxy groups -OCH3 is 1. The van der Waals surface area contributed by atoms with Crippen LogP contribution in [-0.4, -0.2) is 23.2 Å². The van der Waals surface area contributed by atoms with Crippen molar-refractivity contribution in [1.29, 1.82) is 0 Å². The van der Waals surface area contributed by atoms with Gasteiger partial charge in [0.15, 0.2) is 0 Å². The number of hydrogen-bond acceptors (Lipinski definition) is 4. The van der Waals surface area contributed by atoms with Gasteiger partial charge in [-0.3, -0.25) is 4.79 Å². The van der Waals surface area contributed by atoms with E-state index in [9.17, 15) is 4.79 Å². The van der Waals surface area contributed by atoms with E-state index in [2.05, 4.69) is 4.98 Å². The molecule has 0 amide bonds. The molecular weight excluding hydrogens is 222 g/mol. The van der Waals surface area contributed by atoms with Crippen molar-refractivity contribution in [2.24, 2.45) is 0 Å². The molecule has 1 heterocycles. The predicted octanol–water partition coefficient (Wildman–Crippen LogP) is 1.98. The minimum Gasteiger partial charge on any atom is -0.497 e. The first-order valence-electron chi connectivity index (χ1n) is 4.99. The summed E-state index contributed by atoms with van der Waals surface area (Å²) in [5.41, 5.74) is 1.19. The fraction of sp³-hybridized carbons (Fsp3) is 0.167. The Bertz CT molecular complexity index is 516. The molecule has 88 valence electrons. The molecule has 0 radical (unpaired) electrons. The summed E-state index contributed by atoms with van der Waals surface area (Å²) < 4.78 is 10.2. The average Bonchev–Trinajstić information content (AvgIpc) is 2.77. The number of carboxylic acid groups (broad SMARTS) is 1. The zero-order chi connectivity index (χ0) is 12.3. The molecule has 0 saturated heterocycles. The molecule has 0 aliphatic heterocycles. The summed E-state index contributed by atoms with van der Waals surface area (Å²) in [6.45, 7) is 0. The quantitative estimate of drug-likeness (QED) is 0.874. The number of hydrogen-bond donors (Lipinski definition) is 1. The van der Waals surface area contributed by atoms with Gasteiger partial charge in [-0.25, -0.2) is 4.98 Å². The molecule has 1 aromatic carbocycles. The van der Waals surface area contributed by atoms with Crippen molar-refractivity contribution >= 4 is 5.97 Å². The van der Waals surface area contributed by atoms with Crippen LogP contribution >= 0.6 is 0 Å². The van der Waals surface area contributed by atoms with Gasteiger partial charge in [-0.05, 0) is 24.3 Å². The van der Waals surface area contributed by atoms with Crippen molar-refractivity contribution in [1.82, 2.24) is 4.98 Å². The Hall–Kier alpha value is -2.30. The fourth-order valence-electron chi connectivity index (χ4n) is 1.41. The number of carbonyl (C=O) groups is 1. The molecule has 0 spiro atoms. The molecule has 0 aliphatic carbocycles. The van der Waals surface area contributed by atoms with Crippen molar-refractivity contribution in [2.75, 3.05) is 7.11 Å². The number of carboxylic acids is 1. The summed E-state index contributed by atoms with van der Waals surface area (Å²) in [7, 11) is 1.59. The van der Waals surface area contributed by atoms with Crippen LogP contribution in [0.25, 0.3) is 11.5 Å². The second kappa shape index (κ2) is 4.69. The third-order valence-electron chi connectivity index (χ3n) is 2.22. The molecule has 17 heavy (non-hydrogen) atoms. The van der Waals surface area contributed by atoms with Crippen molar-refractivity contribution in [2.45, 2.75) is 6.42 Å². The van der Waals surface area contributed by atoms with Crippen LogP contribution in [0.5, 0.6) is 5.75 Å². The second-order valence-corrected chi connectivity index (χ2v) is 3.44. The van der Waals surface area contributed by atoms with Crippen molar-refractivity contribution in [3.63, 3.8) is 0 Å². The number of oxazole rings is 1. The molecule has 1 N–H and O–H groups in total. The smallest absolute Gasteiger partial charge is 0.309 e. The van der Waals surface area contributed by atoms with Gasteiger partial charge in [0, 0.05) is 5.56 Å². The maximum atomic E-state index is 10.5. The number of benzene rings is 1. The summed E-state index contributed by atoms with van der Waals surface area (Å²) >= 11 is 0. The molecule has 5 nitrogen and oxygen atoms in total. The molecule has 5 heteroatoms. The zero-order valence-electron chi connectivity index (χ0n) is 9.21. The van der Waals surface area contributed by atoms with E-state index in [1.807, 2.05) is 0 Å². The summed E-state index contributed by atoms with van der Waals surface area (Å²) in [4.78, 5) is 14.6. The Labute approximate surface area is 97.7 Å². The highest BCUT2D eigenvalue weighted by Gasteiger charge is 2.09. The number of nitrogens with zero attached hydrogens (tertiary/aromatic N) is 1. The van der Waals surface area contributed by atoms with E-state index in [1.54, 1.807) is 31.4 Å². The van der Waals surface area contributed by atoms with Crippen LogP contribution in [0.15, 0.2) is 34.9 Å². The summed E-state index contributed by atoms with van der Waals surface area (Å²) in [6, 6.07) is 7.18. The Morgan fingerprint density at radius 1 is 1.41 bits per heavy atom. The number of rotatable bonds is 4. The summed E-state index contributed by atoms with van der Waals surface area (Å²) in [5, 5.41) is 8.62. The van der Waals surface area contributed by atoms with Crippen LogP contribution in [0.1, 0.15) is 5.69 Å². The summed E-state index contributed by atoms with van der Waals surface area (Å²) in [5.74, 6) is 0.217. The van der Waals surface area contributed by atoms with Gasteiger partial charge in [0.2, 0.25) is 5.89 Å². The Morgan fingerprint density at radius 3 is 2.71 bits per heavy atom. The lowest BCUT2D eigenvalue weighted by atomic mass is 10.2. The Kier molecular flexibility index (Phi) is 3.09. The number of ether oxygens (including phenoxy) is 1. The van der Waals surface area contributed by atoms with Gasteiger partial charge in [0.05, 0.1) is 19.2 Å². The lowest BCUT2D eigenvalue weighted by molar-refractivity contribution is -0.136. The van der Waals surface area contributed by atoms with Gasteiger partial charge >= 0.3 is 5.97 Å². The van der Waals surface area contributed by atoms with Crippen molar-refractivity contribution < 1.29 is 19.1 Å². The molecule has 2 aromatic rings. The van der Waals surface area contributed by atoms with Crippen LogP contribution in [0, 0.1) is 0 Å². The molecule has 0 bridgehead atoms. The Morgan fingerprint density at radius 2 is 2.12 bits per heavy atom. The molecule has 0 saturated carbocycles. The van der Waals surface area contributed by atoms with E-state index in [0.717, 1.165) is 11.3 Å². The first-order chi connectivity index (χ1) is 8.19. The normalized spacial score (nSPS) is 10.2. The number of aliphatic carboxylic acids is 1. The third kappa shape index (κ3) is 2.63. The molecule has 0 unspecified atom stereocenters. The van der Waals surface area contributed by atoms with Gasteiger partial charge in [-0.15, -0.1) is 0 Å². The van der Waals surface area contributed by atoms with Crippen molar-refractivity contribution in [3.8, 4) is 17.2 Å². The fourth-order valence-corrected chi connectivity index (χ4v) is 1.41. The molecule has 2 rings (SSSR count). The minimum absolute atomic E-state index is 0.139. The highest BCUT2D eigenvalue weighted by molar-refractivity contribution is 5.69. The monoisotopic (exact) mass is 233 g/mol. The molecule has 0 fully saturated rings. The van der Waals surface area contributed by atoms with Gasteiger partial charge in [-0.1, -0.05) is 0 Å². The standard InChI is InChI=1S/C12H11NO4/c1-16-10-4-2-8(3-5-10)12-13-9(7-17-12)6-11(14)15/h2-5,7H,6H2,1H3,(H,14,15). The topological polar surface area (TPSA) is 72.6 Å². The molecule has 0 aliphatic rings. The predicted molar refractivity (Wildman–Crippen MR) is 59.8 cm³/mol. The minimum atomic E-state index is -0.931. The highest BCUT2D eigenvalue weighted by Crippen LogP contribution is 2.21. The maximum Gasteiger partial charge on any atom is 0.309 e. The van der Waals surface area contributed by atoms with E-state index in [1.165, 1.54) is 6.26 Å². The van der Waals surface area contributed by atoms with Crippen LogP contribution in [0.2, 0.25) is 0 Å². The van der Waals surface area contributed by atoms with Gasteiger partial charge < -0.3 is 14.3 Å². The van der Waals surface area contributed by atoms with E-state index in [4.69, 9.17) is 14.3 Å². The first-order valence-corrected chi connectivity index (χ1v) is 4.99. The van der Waals surface area contributed by atoms with E-state index in [0.29, 0.717) is 11.6 Å². The molecular formula is C12H11NO4. The van der Waals surface area contributed by atoms with Crippen molar-refractivity contribution in [3.05, 3.63) is 36.2 Å². The first kappa shape index (κ1) is 11.2. The number of aromatic nitrogens is 1. The SMILES string of the molecule is COc1ccc(-c2nc(CC(=O)O)co2)cc1. The van der Waals surface area contributed by atoms with Gasteiger partial charge in [0.1, 0.15) is 12.0 Å². The second-order valence-electron chi connectivity index (χ2n) is 3.44. The Balaban J connectivity index is 2.21. The molecule has 1 aromatic heterocycles. The lowest BCUT2D eigenvalue weighted by Gasteiger charge is -1.99. The average molecular weight is 233 g/mol. The highest BCUT2D eigenvalue weighted by atomic mass is 16.5. The maximum absolute atomic E-state index is 10.5. The van der Waals surface area contributed by atoms with E-state index in [-0.39, 0.29) is 6.42 Å². The summed E-state index contributed by atoms with van der Waals surface area (Å²) in [6.07, 6.45) is 1.22. The zero-order valence-corrected chi connectivity index (χ0v) is 9.21. The van der Waals surface area contributed by atoms with E-state index < -0.39 is 5.97 Å².